The Kier molecular flexibility index (Phi) is 5.95. The van der Waals surface area contributed by atoms with Gasteiger partial charge in [-0.15, -0.1) is 0 Å². The molecule has 0 radical (unpaired) electrons. The molecule has 2 aromatic carbocycles. The summed E-state index contributed by atoms with van der Waals surface area (Å²) in [5.41, 5.74) is 4.83. The lowest BCUT2D eigenvalue weighted by atomic mass is 10.00. The van der Waals surface area contributed by atoms with Crippen molar-refractivity contribution in [2.75, 3.05) is 24.5 Å². The van der Waals surface area contributed by atoms with E-state index in [4.69, 9.17) is 0 Å². The lowest BCUT2D eigenvalue weighted by molar-refractivity contribution is -0.126. The van der Waals surface area contributed by atoms with E-state index in [9.17, 15) is 9.59 Å². The number of nitrogens with zero attached hydrogens (tertiary/aromatic N) is 2. The topological polar surface area (TPSA) is 52.7 Å². The molecule has 2 amide bonds. The van der Waals surface area contributed by atoms with E-state index in [0.29, 0.717) is 19.4 Å². The van der Waals surface area contributed by atoms with Crippen LogP contribution in [0.15, 0.2) is 48.5 Å². The second-order valence-electron chi connectivity index (χ2n) is 7.91. The number of hydrogen-bond acceptors (Lipinski definition) is 3. The molecule has 2 aliphatic heterocycles. The fourth-order valence-electron chi connectivity index (χ4n) is 4.45. The minimum Gasteiger partial charge on any atom is -0.354 e. The second kappa shape index (κ2) is 8.78. The number of amides is 2. The molecule has 1 N–H and O–H groups in total. The van der Waals surface area contributed by atoms with Crippen molar-refractivity contribution in [2.24, 2.45) is 0 Å². The molecule has 5 nitrogen and oxygen atoms in total. The molecule has 2 aromatic rings. The van der Waals surface area contributed by atoms with E-state index in [1.165, 1.54) is 11.1 Å². The first kappa shape index (κ1) is 19.6. The Balaban J connectivity index is 1.28. The van der Waals surface area contributed by atoms with E-state index in [-0.39, 0.29) is 11.8 Å². The van der Waals surface area contributed by atoms with Gasteiger partial charge in [-0.05, 0) is 35.6 Å². The molecular weight excluding hydrogens is 362 g/mol. The standard InChI is InChI=1S/C24H29N3O2/c1-2-23(28)27-21-11-6-5-9-19(21)16-22(27)24(29)25-13-7-14-26-15-12-18-8-3-4-10-20(18)17-26/h3-6,8-11,22H,2,7,12-17H2,1H3,(H,25,29)/t22-/m0/s1. The van der Waals surface area contributed by atoms with E-state index in [2.05, 4.69) is 34.5 Å². The van der Waals surface area contributed by atoms with Crippen LogP contribution in [0.4, 0.5) is 5.69 Å². The smallest absolute Gasteiger partial charge is 0.243 e. The Labute approximate surface area is 172 Å². The van der Waals surface area contributed by atoms with Crippen molar-refractivity contribution in [1.29, 1.82) is 0 Å². The van der Waals surface area contributed by atoms with Gasteiger partial charge in [0.1, 0.15) is 6.04 Å². The number of fused-ring (bicyclic) bond motifs is 2. The summed E-state index contributed by atoms with van der Waals surface area (Å²) in [6.07, 6.45) is 3.00. The van der Waals surface area contributed by atoms with Gasteiger partial charge in [0.25, 0.3) is 0 Å². The molecule has 0 unspecified atom stereocenters. The third-order valence-corrected chi connectivity index (χ3v) is 6.01. The van der Waals surface area contributed by atoms with Crippen LogP contribution in [0, 0.1) is 0 Å². The summed E-state index contributed by atoms with van der Waals surface area (Å²) in [7, 11) is 0. The van der Waals surface area contributed by atoms with Gasteiger partial charge >= 0.3 is 0 Å². The second-order valence-corrected chi connectivity index (χ2v) is 7.91. The molecule has 5 heteroatoms. The maximum atomic E-state index is 12.8. The monoisotopic (exact) mass is 391 g/mol. The minimum atomic E-state index is -0.429. The van der Waals surface area contributed by atoms with Crippen LogP contribution in [0.25, 0.3) is 0 Å². The summed E-state index contributed by atoms with van der Waals surface area (Å²) in [4.78, 5) is 29.4. The van der Waals surface area contributed by atoms with Crippen LogP contribution in [-0.2, 0) is 29.0 Å². The summed E-state index contributed by atoms with van der Waals surface area (Å²) in [6, 6.07) is 16.0. The number of anilines is 1. The molecule has 1 atom stereocenters. The zero-order valence-electron chi connectivity index (χ0n) is 17.1. The van der Waals surface area contributed by atoms with Gasteiger partial charge in [0.2, 0.25) is 11.8 Å². The molecule has 152 valence electrons. The predicted molar refractivity (Wildman–Crippen MR) is 115 cm³/mol. The zero-order valence-corrected chi connectivity index (χ0v) is 17.1. The maximum absolute atomic E-state index is 12.8. The Morgan fingerprint density at radius 2 is 1.76 bits per heavy atom. The average molecular weight is 392 g/mol. The summed E-state index contributed by atoms with van der Waals surface area (Å²) >= 11 is 0. The highest BCUT2D eigenvalue weighted by molar-refractivity contribution is 6.03. The van der Waals surface area contributed by atoms with Crippen LogP contribution in [0.5, 0.6) is 0 Å². The molecule has 29 heavy (non-hydrogen) atoms. The van der Waals surface area contributed by atoms with Crippen molar-refractivity contribution in [3.05, 3.63) is 65.2 Å². The number of rotatable bonds is 6. The molecule has 0 saturated carbocycles. The Morgan fingerprint density at radius 1 is 1.03 bits per heavy atom. The molecule has 0 spiro atoms. The molecule has 0 saturated heterocycles. The Morgan fingerprint density at radius 3 is 2.55 bits per heavy atom. The van der Waals surface area contributed by atoms with Crippen LogP contribution in [0.3, 0.4) is 0 Å². The van der Waals surface area contributed by atoms with Gasteiger partial charge in [-0.25, -0.2) is 0 Å². The lowest BCUT2D eigenvalue weighted by Gasteiger charge is -2.29. The van der Waals surface area contributed by atoms with Gasteiger partial charge in [0, 0.05) is 44.7 Å². The van der Waals surface area contributed by atoms with Gasteiger partial charge in [0.15, 0.2) is 0 Å². The predicted octanol–water partition coefficient (Wildman–Crippen LogP) is 2.92. The summed E-state index contributed by atoms with van der Waals surface area (Å²) < 4.78 is 0. The first-order valence-corrected chi connectivity index (χ1v) is 10.6. The molecular formula is C24H29N3O2. The quantitative estimate of drug-likeness (QED) is 0.771. The van der Waals surface area contributed by atoms with Gasteiger partial charge in [-0.2, -0.15) is 0 Å². The largest absolute Gasteiger partial charge is 0.354 e. The SMILES string of the molecule is CCC(=O)N1c2ccccc2C[C@H]1C(=O)NCCCN1CCc2ccccc2C1. The fourth-order valence-corrected chi connectivity index (χ4v) is 4.45. The highest BCUT2D eigenvalue weighted by Gasteiger charge is 2.37. The van der Waals surface area contributed by atoms with Crippen LogP contribution in [0.2, 0.25) is 0 Å². The molecule has 0 fully saturated rings. The molecule has 4 rings (SSSR count). The molecule has 0 aromatic heterocycles. The highest BCUT2D eigenvalue weighted by atomic mass is 16.2. The Hall–Kier alpha value is -2.66. The molecule has 2 heterocycles. The van der Waals surface area contributed by atoms with Crippen molar-refractivity contribution in [2.45, 2.75) is 45.2 Å². The Bertz CT molecular complexity index is 895. The van der Waals surface area contributed by atoms with E-state index >= 15 is 0 Å². The van der Waals surface area contributed by atoms with E-state index in [0.717, 1.165) is 43.7 Å². The third kappa shape index (κ3) is 4.20. The summed E-state index contributed by atoms with van der Waals surface area (Å²) in [5.74, 6) is -0.0472. The summed E-state index contributed by atoms with van der Waals surface area (Å²) in [6.45, 7) is 5.51. The lowest BCUT2D eigenvalue weighted by Crippen LogP contribution is -2.48. The van der Waals surface area contributed by atoms with Crippen molar-refractivity contribution in [3.63, 3.8) is 0 Å². The normalized spacial score (nSPS) is 18.2. The van der Waals surface area contributed by atoms with Crippen molar-refractivity contribution >= 4 is 17.5 Å². The van der Waals surface area contributed by atoms with Crippen LogP contribution in [-0.4, -0.2) is 42.4 Å². The van der Waals surface area contributed by atoms with Crippen LogP contribution < -0.4 is 10.2 Å². The first-order chi connectivity index (χ1) is 14.2. The number of nitrogens with one attached hydrogen (secondary N) is 1. The van der Waals surface area contributed by atoms with Crippen molar-refractivity contribution < 1.29 is 9.59 Å². The van der Waals surface area contributed by atoms with Crippen LogP contribution in [0.1, 0.15) is 36.5 Å². The molecule has 0 bridgehead atoms. The molecule has 0 aliphatic carbocycles. The maximum Gasteiger partial charge on any atom is 0.243 e. The zero-order chi connectivity index (χ0) is 20.2. The minimum absolute atomic E-state index is 0.00193. The third-order valence-electron chi connectivity index (χ3n) is 6.01. The van der Waals surface area contributed by atoms with E-state index in [1.807, 2.05) is 31.2 Å². The van der Waals surface area contributed by atoms with Gasteiger partial charge in [-0.3, -0.25) is 19.4 Å². The number of carbonyl (C=O) groups is 2. The number of carbonyl (C=O) groups excluding carboxylic acids is 2. The first-order valence-electron chi connectivity index (χ1n) is 10.6. The van der Waals surface area contributed by atoms with Crippen molar-refractivity contribution in [3.8, 4) is 0 Å². The average Bonchev–Trinajstić information content (AvgIpc) is 3.15. The summed E-state index contributed by atoms with van der Waals surface area (Å²) in [5, 5.41) is 3.07. The van der Waals surface area contributed by atoms with Gasteiger partial charge in [-0.1, -0.05) is 49.4 Å². The number of benzene rings is 2. The van der Waals surface area contributed by atoms with Crippen molar-refractivity contribution in [1.82, 2.24) is 10.2 Å². The van der Waals surface area contributed by atoms with E-state index in [1.54, 1.807) is 4.90 Å². The fraction of sp³-hybridized carbons (Fsp3) is 0.417. The number of hydrogen-bond donors (Lipinski definition) is 1. The van der Waals surface area contributed by atoms with Gasteiger partial charge in [0.05, 0.1) is 0 Å². The molecule has 2 aliphatic rings. The highest BCUT2D eigenvalue weighted by Crippen LogP contribution is 2.32. The number of para-hydroxylation sites is 1. The van der Waals surface area contributed by atoms with Gasteiger partial charge < -0.3 is 5.32 Å². The van der Waals surface area contributed by atoms with Crippen LogP contribution >= 0.6 is 0 Å². The van der Waals surface area contributed by atoms with E-state index < -0.39 is 6.04 Å².